The highest BCUT2D eigenvalue weighted by molar-refractivity contribution is 7.91. The molecule has 1 N–H and O–H groups in total. The maximum atomic E-state index is 12.9. The molecule has 1 aliphatic rings. The Morgan fingerprint density at radius 1 is 1.06 bits per heavy atom. The van der Waals surface area contributed by atoms with Crippen molar-refractivity contribution in [3.63, 3.8) is 0 Å². The van der Waals surface area contributed by atoms with E-state index in [0.717, 1.165) is 22.9 Å². The molecule has 182 valence electrons. The molecule has 3 rings (SSSR count). The lowest BCUT2D eigenvalue weighted by Crippen LogP contribution is -2.39. The molecule has 1 saturated carbocycles. The Hall–Kier alpha value is -2.57. The number of nitrogens with zero attached hydrogens (tertiary/aromatic N) is 2. The fraction of sp³-hybridized carbons (Fsp3) is 0.500. The lowest BCUT2D eigenvalue weighted by molar-refractivity contribution is -0.141. The fourth-order valence-corrected chi connectivity index (χ4v) is 5.56. The SMILES string of the molecule is Cn1nc(C(F)(F)F)cc1C(=O)NC1CCC(CS(=O)(=O)c2cccc(C(F)(F)F)c2)CC1. The number of hydrogen-bond acceptors (Lipinski definition) is 4. The molecule has 6 nitrogen and oxygen atoms in total. The van der Waals surface area contributed by atoms with Crippen molar-refractivity contribution >= 4 is 15.7 Å². The van der Waals surface area contributed by atoms with Crippen molar-refractivity contribution in [2.45, 2.75) is 49.0 Å². The molecule has 13 heteroatoms. The summed E-state index contributed by atoms with van der Waals surface area (Å²) in [6.07, 6.45) is -7.78. The topological polar surface area (TPSA) is 81.1 Å². The van der Waals surface area contributed by atoms with Gasteiger partial charge in [-0.05, 0) is 49.8 Å². The molecule has 0 spiro atoms. The van der Waals surface area contributed by atoms with E-state index < -0.39 is 44.2 Å². The summed E-state index contributed by atoms with van der Waals surface area (Å²) in [5.74, 6) is -1.36. The largest absolute Gasteiger partial charge is 0.435 e. The van der Waals surface area contributed by atoms with E-state index >= 15 is 0 Å². The minimum atomic E-state index is -4.68. The van der Waals surface area contributed by atoms with Crippen molar-refractivity contribution < 1.29 is 39.6 Å². The third-order valence-corrected chi connectivity index (χ3v) is 7.44. The minimum absolute atomic E-state index is 0.253. The highest BCUT2D eigenvalue weighted by atomic mass is 32.2. The molecule has 1 aromatic heterocycles. The summed E-state index contributed by atoms with van der Waals surface area (Å²) in [5, 5.41) is 5.93. The molecule has 2 aromatic rings. The van der Waals surface area contributed by atoms with Crippen LogP contribution in [0, 0.1) is 5.92 Å². The average Bonchev–Trinajstić information content (AvgIpc) is 3.11. The molecule has 0 atom stereocenters. The van der Waals surface area contributed by atoms with Crippen LogP contribution in [-0.2, 0) is 29.2 Å². The van der Waals surface area contributed by atoms with Gasteiger partial charge in [-0.25, -0.2) is 8.42 Å². The molecular formula is C20H21F6N3O3S. The van der Waals surface area contributed by atoms with E-state index in [1.165, 1.54) is 7.05 Å². The second kappa shape index (κ2) is 8.99. The van der Waals surface area contributed by atoms with Gasteiger partial charge >= 0.3 is 12.4 Å². The highest BCUT2D eigenvalue weighted by Gasteiger charge is 2.36. The number of aryl methyl sites for hydroxylation is 1. The summed E-state index contributed by atoms with van der Waals surface area (Å²) in [4.78, 5) is 12.0. The van der Waals surface area contributed by atoms with E-state index in [-0.39, 0.29) is 23.4 Å². The van der Waals surface area contributed by atoms with Gasteiger partial charge < -0.3 is 5.32 Å². The van der Waals surface area contributed by atoms with Gasteiger partial charge in [0.1, 0.15) is 5.69 Å². The molecule has 1 heterocycles. The molecular weight excluding hydrogens is 476 g/mol. The molecule has 1 fully saturated rings. The maximum Gasteiger partial charge on any atom is 0.435 e. The van der Waals surface area contributed by atoms with Crippen molar-refractivity contribution in [3.8, 4) is 0 Å². The second-order valence-corrected chi connectivity index (χ2v) is 10.1. The Kier molecular flexibility index (Phi) is 6.83. The number of benzene rings is 1. The van der Waals surface area contributed by atoms with Crippen molar-refractivity contribution in [2.24, 2.45) is 13.0 Å². The lowest BCUT2D eigenvalue weighted by atomic mass is 9.87. The smallest absolute Gasteiger partial charge is 0.348 e. The zero-order valence-electron chi connectivity index (χ0n) is 17.4. The number of sulfone groups is 1. The Bertz CT molecular complexity index is 1120. The first-order valence-electron chi connectivity index (χ1n) is 9.99. The first kappa shape index (κ1) is 25.1. The van der Waals surface area contributed by atoms with E-state index in [0.29, 0.717) is 37.8 Å². The quantitative estimate of drug-likeness (QED) is 0.628. The minimum Gasteiger partial charge on any atom is -0.348 e. The number of aromatic nitrogens is 2. The van der Waals surface area contributed by atoms with Gasteiger partial charge in [0.15, 0.2) is 15.5 Å². The number of rotatable bonds is 5. The third kappa shape index (κ3) is 6.06. The summed E-state index contributed by atoms with van der Waals surface area (Å²) < 4.78 is 103. The van der Waals surface area contributed by atoms with E-state index in [1.807, 2.05) is 0 Å². The van der Waals surface area contributed by atoms with Crippen LogP contribution in [0.25, 0.3) is 0 Å². The monoisotopic (exact) mass is 497 g/mol. The van der Waals surface area contributed by atoms with Crippen molar-refractivity contribution in [1.29, 1.82) is 0 Å². The molecule has 1 amide bonds. The lowest BCUT2D eigenvalue weighted by Gasteiger charge is -2.29. The Balaban J connectivity index is 1.58. The number of halogens is 6. The van der Waals surface area contributed by atoms with Gasteiger partial charge in [0.05, 0.1) is 16.2 Å². The van der Waals surface area contributed by atoms with Crippen LogP contribution in [0.3, 0.4) is 0 Å². The van der Waals surface area contributed by atoms with Crippen LogP contribution in [-0.4, -0.2) is 35.9 Å². The summed E-state index contributed by atoms with van der Waals surface area (Å²) in [6.45, 7) is 0. The number of carbonyl (C=O) groups excluding carboxylic acids is 1. The first-order valence-corrected chi connectivity index (χ1v) is 11.6. The van der Waals surface area contributed by atoms with Crippen LogP contribution in [0.4, 0.5) is 26.3 Å². The maximum absolute atomic E-state index is 12.9. The molecule has 33 heavy (non-hydrogen) atoms. The predicted octanol–water partition coefficient (Wildman–Crippen LogP) is 4.22. The molecule has 0 saturated heterocycles. The number of amides is 1. The summed E-state index contributed by atoms with van der Waals surface area (Å²) in [6, 6.07) is 3.87. The van der Waals surface area contributed by atoms with Gasteiger partial charge in [-0.1, -0.05) is 6.07 Å². The van der Waals surface area contributed by atoms with E-state index in [1.54, 1.807) is 0 Å². The number of nitrogens with one attached hydrogen (secondary N) is 1. The van der Waals surface area contributed by atoms with E-state index in [4.69, 9.17) is 0 Å². The summed E-state index contributed by atoms with van der Waals surface area (Å²) in [7, 11) is -2.73. The number of hydrogen-bond donors (Lipinski definition) is 1. The Labute approximate surface area is 185 Å². The van der Waals surface area contributed by atoms with E-state index in [9.17, 15) is 39.6 Å². The number of carbonyl (C=O) groups is 1. The van der Waals surface area contributed by atoms with Gasteiger partial charge in [-0.3, -0.25) is 9.48 Å². The molecule has 1 aromatic carbocycles. The Morgan fingerprint density at radius 2 is 1.70 bits per heavy atom. The van der Waals surface area contributed by atoms with Crippen molar-refractivity contribution in [3.05, 3.63) is 47.3 Å². The average molecular weight is 497 g/mol. The molecule has 1 aliphatic carbocycles. The van der Waals surface area contributed by atoms with Gasteiger partial charge in [0.25, 0.3) is 5.91 Å². The predicted molar refractivity (Wildman–Crippen MR) is 105 cm³/mol. The second-order valence-electron chi connectivity index (χ2n) is 8.03. The highest BCUT2D eigenvalue weighted by Crippen LogP contribution is 2.33. The normalized spacial score (nSPS) is 20.0. The fourth-order valence-electron chi connectivity index (χ4n) is 3.82. The standard InChI is InChI=1S/C20H21F6N3O3S/c1-29-16(10-17(28-29)20(24,25)26)18(30)27-14-7-5-12(6-8-14)11-33(31,32)15-4-2-3-13(9-15)19(21,22)23/h2-4,9-10,12,14H,5-8,11H2,1H3,(H,27,30). The Morgan fingerprint density at radius 3 is 2.24 bits per heavy atom. The molecule has 0 bridgehead atoms. The molecule has 0 aliphatic heterocycles. The van der Waals surface area contributed by atoms with Crippen LogP contribution < -0.4 is 5.32 Å². The van der Waals surface area contributed by atoms with E-state index in [2.05, 4.69) is 10.4 Å². The molecule has 0 unspecified atom stereocenters. The van der Waals surface area contributed by atoms with Crippen LogP contribution in [0.2, 0.25) is 0 Å². The van der Waals surface area contributed by atoms with Crippen LogP contribution in [0.15, 0.2) is 35.2 Å². The van der Waals surface area contributed by atoms with Gasteiger partial charge in [-0.2, -0.15) is 31.4 Å². The molecule has 0 radical (unpaired) electrons. The van der Waals surface area contributed by atoms with Crippen molar-refractivity contribution in [2.75, 3.05) is 5.75 Å². The van der Waals surface area contributed by atoms with Crippen LogP contribution >= 0.6 is 0 Å². The van der Waals surface area contributed by atoms with Crippen LogP contribution in [0.1, 0.15) is 47.4 Å². The van der Waals surface area contributed by atoms with Gasteiger partial charge in [0.2, 0.25) is 0 Å². The van der Waals surface area contributed by atoms with Crippen LogP contribution in [0.5, 0.6) is 0 Å². The summed E-state index contributed by atoms with van der Waals surface area (Å²) >= 11 is 0. The third-order valence-electron chi connectivity index (χ3n) is 5.56. The number of alkyl halides is 6. The zero-order chi connectivity index (χ0) is 24.6. The zero-order valence-corrected chi connectivity index (χ0v) is 18.2. The summed E-state index contributed by atoms with van der Waals surface area (Å²) in [5.41, 5.74) is -2.48. The first-order chi connectivity index (χ1) is 15.2. The van der Waals surface area contributed by atoms with Crippen molar-refractivity contribution in [1.82, 2.24) is 15.1 Å². The van der Waals surface area contributed by atoms with Gasteiger partial charge in [-0.15, -0.1) is 0 Å². The van der Waals surface area contributed by atoms with Gasteiger partial charge in [0, 0.05) is 19.2 Å².